The third-order valence-electron chi connectivity index (χ3n) is 3.64. The van der Waals surface area contributed by atoms with Crippen LogP contribution in [0, 0.1) is 16.0 Å². The van der Waals surface area contributed by atoms with E-state index >= 15 is 0 Å². The number of piperidine rings is 1. The molecule has 110 valence electrons. The van der Waals surface area contributed by atoms with Gasteiger partial charge in [-0.25, -0.2) is 4.98 Å². The Bertz CT molecular complexity index is 479. The Hall–Kier alpha value is -1.89. The molecule has 2 rings (SSSR count). The van der Waals surface area contributed by atoms with E-state index in [0.717, 1.165) is 32.4 Å². The van der Waals surface area contributed by atoms with Crippen LogP contribution in [0.25, 0.3) is 0 Å². The summed E-state index contributed by atoms with van der Waals surface area (Å²) in [5.41, 5.74) is 0.0450. The summed E-state index contributed by atoms with van der Waals surface area (Å²) in [5, 5.41) is 22.9. The molecule has 1 aromatic rings. The van der Waals surface area contributed by atoms with E-state index in [0.29, 0.717) is 17.6 Å². The Kier molecular flexibility index (Phi) is 4.73. The number of aromatic nitrogens is 1. The molecule has 0 amide bonds. The standard InChI is InChI=1S/C13H20N4O3/c1-14-12-7-11(17(19)20)8-13(15-12)16-5-2-3-10(9-16)4-6-18/h7-8,10,18H,2-6,9H2,1H3,(H,14,15). The Morgan fingerprint density at radius 1 is 1.60 bits per heavy atom. The van der Waals surface area contributed by atoms with Crippen molar-refractivity contribution in [3.63, 3.8) is 0 Å². The number of rotatable bonds is 5. The minimum absolute atomic E-state index is 0.0450. The van der Waals surface area contributed by atoms with Crippen molar-refractivity contribution in [3.8, 4) is 0 Å². The van der Waals surface area contributed by atoms with Gasteiger partial charge in [-0.2, -0.15) is 0 Å². The molecule has 1 fully saturated rings. The van der Waals surface area contributed by atoms with Crippen molar-refractivity contribution in [1.82, 2.24) is 4.98 Å². The molecule has 1 aliphatic rings. The zero-order chi connectivity index (χ0) is 14.5. The highest BCUT2D eigenvalue weighted by Crippen LogP contribution is 2.27. The molecule has 7 nitrogen and oxygen atoms in total. The number of anilines is 2. The van der Waals surface area contributed by atoms with Gasteiger partial charge in [0.2, 0.25) is 0 Å². The summed E-state index contributed by atoms with van der Waals surface area (Å²) < 4.78 is 0. The van der Waals surface area contributed by atoms with E-state index in [-0.39, 0.29) is 12.3 Å². The minimum atomic E-state index is -0.402. The van der Waals surface area contributed by atoms with E-state index in [1.807, 2.05) is 0 Å². The van der Waals surface area contributed by atoms with Crippen LogP contribution in [0.15, 0.2) is 12.1 Å². The number of nitrogens with zero attached hydrogens (tertiary/aromatic N) is 3. The first kappa shape index (κ1) is 14.5. The number of hydrogen-bond donors (Lipinski definition) is 2. The molecule has 2 heterocycles. The average molecular weight is 280 g/mol. The van der Waals surface area contributed by atoms with Gasteiger partial charge >= 0.3 is 0 Å². The SMILES string of the molecule is CNc1cc([N+](=O)[O-])cc(N2CCCC(CCO)C2)n1. The van der Waals surface area contributed by atoms with Gasteiger partial charge in [0, 0.05) is 26.7 Å². The van der Waals surface area contributed by atoms with Crippen molar-refractivity contribution in [3.05, 3.63) is 22.2 Å². The highest BCUT2D eigenvalue weighted by atomic mass is 16.6. The highest BCUT2D eigenvalue weighted by Gasteiger charge is 2.22. The fourth-order valence-electron chi connectivity index (χ4n) is 2.59. The summed E-state index contributed by atoms with van der Waals surface area (Å²) in [7, 11) is 1.70. The summed E-state index contributed by atoms with van der Waals surface area (Å²) >= 11 is 0. The van der Waals surface area contributed by atoms with Crippen LogP contribution in [-0.2, 0) is 0 Å². The second-order valence-electron chi connectivity index (χ2n) is 5.04. The second-order valence-corrected chi connectivity index (χ2v) is 5.04. The van der Waals surface area contributed by atoms with Gasteiger partial charge < -0.3 is 15.3 Å². The molecule has 0 aliphatic carbocycles. The summed E-state index contributed by atoms with van der Waals surface area (Å²) in [5.74, 6) is 1.55. The second kappa shape index (κ2) is 6.51. The Morgan fingerprint density at radius 2 is 2.40 bits per heavy atom. The van der Waals surface area contributed by atoms with Gasteiger partial charge in [-0.3, -0.25) is 10.1 Å². The molecule has 1 unspecified atom stereocenters. The lowest BCUT2D eigenvalue weighted by atomic mass is 9.95. The molecule has 1 aromatic heterocycles. The average Bonchev–Trinajstić information content (AvgIpc) is 2.47. The van der Waals surface area contributed by atoms with Crippen molar-refractivity contribution < 1.29 is 10.0 Å². The maximum atomic E-state index is 11.0. The van der Waals surface area contributed by atoms with E-state index < -0.39 is 4.92 Å². The molecule has 0 bridgehead atoms. The molecule has 0 spiro atoms. The van der Waals surface area contributed by atoms with Crippen LogP contribution < -0.4 is 10.2 Å². The maximum Gasteiger partial charge on any atom is 0.276 e. The Morgan fingerprint density at radius 3 is 3.05 bits per heavy atom. The molecular weight excluding hydrogens is 260 g/mol. The normalized spacial score (nSPS) is 18.9. The van der Waals surface area contributed by atoms with Gasteiger partial charge in [0.15, 0.2) is 0 Å². The van der Waals surface area contributed by atoms with Gasteiger partial charge in [-0.1, -0.05) is 0 Å². The van der Waals surface area contributed by atoms with Crippen LogP contribution in [0.2, 0.25) is 0 Å². The van der Waals surface area contributed by atoms with Gasteiger partial charge in [0.05, 0.1) is 17.1 Å². The molecule has 7 heteroatoms. The van der Waals surface area contributed by atoms with Gasteiger partial charge in [-0.15, -0.1) is 0 Å². The number of aliphatic hydroxyl groups excluding tert-OH is 1. The number of hydrogen-bond acceptors (Lipinski definition) is 6. The minimum Gasteiger partial charge on any atom is -0.396 e. The third-order valence-corrected chi connectivity index (χ3v) is 3.64. The van der Waals surface area contributed by atoms with Crippen molar-refractivity contribution >= 4 is 17.3 Å². The van der Waals surface area contributed by atoms with Crippen LogP contribution in [-0.4, -0.2) is 41.8 Å². The van der Waals surface area contributed by atoms with Gasteiger partial charge in [0.25, 0.3) is 5.69 Å². The van der Waals surface area contributed by atoms with Crippen molar-refractivity contribution in [2.24, 2.45) is 5.92 Å². The summed E-state index contributed by atoms with van der Waals surface area (Å²) in [6.07, 6.45) is 2.87. The van der Waals surface area contributed by atoms with E-state index in [2.05, 4.69) is 15.2 Å². The zero-order valence-corrected chi connectivity index (χ0v) is 11.6. The van der Waals surface area contributed by atoms with Crippen LogP contribution >= 0.6 is 0 Å². The molecule has 0 saturated carbocycles. The third kappa shape index (κ3) is 3.36. The fraction of sp³-hybridized carbons (Fsp3) is 0.615. The molecule has 1 aliphatic heterocycles. The van der Waals surface area contributed by atoms with E-state index in [9.17, 15) is 10.1 Å². The first-order chi connectivity index (χ1) is 9.63. The van der Waals surface area contributed by atoms with Crippen LogP contribution in [0.5, 0.6) is 0 Å². The number of nitrogens with one attached hydrogen (secondary N) is 1. The van der Waals surface area contributed by atoms with Crippen molar-refractivity contribution in [1.29, 1.82) is 0 Å². The lowest BCUT2D eigenvalue weighted by Crippen LogP contribution is -2.36. The quantitative estimate of drug-likeness (QED) is 0.629. The monoisotopic (exact) mass is 280 g/mol. The lowest BCUT2D eigenvalue weighted by Gasteiger charge is -2.33. The van der Waals surface area contributed by atoms with Gasteiger partial charge in [0.1, 0.15) is 11.6 Å². The Labute approximate surface area is 117 Å². The van der Waals surface area contributed by atoms with Crippen LogP contribution in [0.4, 0.5) is 17.3 Å². The lowest BCUT2D eigenvalue weighted by molar-refractivity contribution is -0.384. The van der Waals surface area contributed by atoms with Crippen LogP contribution in [0.1, 0.15) is 19.3 Å². The molecule has 2 N–H and O–H groups in total. The predicted octanol–water partition coefficient (Wildman–Crippen LogP) is 1.63. The molecule has 0 aromatic carbocycles. The van der Waals surface area contributed by atoms with E-state index in [4.69, 9.17) is 5.11 Å². The van der Waals surface area contributed by atoms with Gasteiger partial charge in [-0.05, 0) is 25.2 Å². The molecule has 20 heavy (non-hydrogen) atoms. The number of aliphatic hydroxyl groups is 1. The predicted molar refractivity (Wildman–Crippen MR) is 77.1 cm³/mol. The number of nitro groups is 1. The van der Waals surface area contributed by atoms with E-state index in [1.54, 1.807) is 7.05 Å². The topological polar surface area (TPSA) is 91.5 Å². The Balaban J connectivity index is 2.22. The summed E-state index contributed by atoms with van der Waals surface area (Å²) in [4.78, 5) is 17.0. The summed E-state index contributed by atoms with van der Waals surface area (Å²) in [6.45, 7) is 1.82. The molecule has 1 atom stereocenters. The van der Waals surface area contributed by atoms with Crippen molar-refractivity contribution in [2.45, 2.75) is 19.3 Å². The largest absolute Gasteiger partial charge is 0.396 e. The molecule has 1 saturated heterocycles. The first-order valence-electron chi connectivity index (χ1n) is 6.84. The smallest absolute Gasteiger partial charge is 0.276 e. The first-order valence-corrected chi connectivity index (χ1v) is 6.84. The zero-order valence-electron chi connectivity index (χ0n) is 11.6. The maximum absolute atomic E-state index is 11.0. The molecule has 0 radical (unpaired) electrons. The highest BCUT2D eigenvalue weighted by molar-refractivity contribution is 5.55. The molecular formula is C13H20N4O3. The summed E-state index contributed by atoms with van der Waals surface area (Å²) in [6, 6.07) is 2.95. The van der Waals surface area contributed by atoms with E-state index in [1.165, 1.54) is 12.1 Å². The fourth-order valence-corrected chi connectivity index (χ4v) is 2.59. The van der Waals surface area contributed by atoms with Crippen LogP contribution in [0.3, 0.4) is 0 Å². The van der Waals surface area contributed by atoms with Crippen molar-refractivity contribution in [2.75, 3.05) is 37.0 Å². The number of pyridine rings is 1.